The minimum Gasteiger partial charge on any atom is -0.480 e. The number of carboxylic acid groups (broad SMARTS) is 1. The van der Waals surface area contributed by atoms with Crippen LogP contribution in [0.25, 0.3) is 11.1 Å². The van der Waals surface area contributed by atoms with E-state index in [2.05, 4.69) is 4.98 Å². The highest BCUT2D eigenvalue weighted by molar-refractivity contribution is 6.29. The van der Waals surface area contributed by atoms with E-state index >= 15 is 0 Å². The van der Waals surface area contributed by atoms with Crippen molar-refractivity contribution >= 4 is 28.7 Å². The van der Waals surface area contributed by atoms with Gasteiger partial charge in [0.2, 0.25) is 0 Å². The lowest BCUT2D eigenvalue weighted by molar-refractivity contribution is -0.136. The van der Waals surface area contributed by atoms with Gasteiger partial charge in [0.15, 0.2) is 17.4 Å². The average molecular weight is 212 g/mol. The molecule has 0 radical (unpaired) electrons. The minimum atomic E-state index is -1.08. The number of halogens is 1. The smallest absolute Gasteiger partial charge is 0.326 e. The van der Waals surface area contributed by atoms with Crippen molar-refractivity contribution in [3.63, 3.8) is 0 Å². The molecule has 1 N–H and O–H groups in total. The molecule has 2 aromatic rings. The van der Waals surface area contributed by atoms with E-state index in [-0.39, 0.29) is 0 Å². The Bertz CT molecular complexity index is 480. The Labute approximate surface area is 84.1 Å². The highest BCUT2D eigenvalue weighted by atomic mass is 35.5. The maximum Gasteiger partial charge on any atom is 0.326 e. The first-order valence-corrected chi connectivity index (χ1v) is 4.32. The van der Waals surface area contributed by atoms with Gasteiger partial charge in [0.1, 0.15) is 5.52 Å². The largest absolute Gasteiger partial charge is 0.480 e. The van der Waals surface area contributed by atoms with Crippen LogP contribution in [0.5, 0.6) is 0 Å². The fraction of sp³-hybridized carbons (Fsp3) is 0.111. The third-order valence-electron chi connectivity index (χ3n) is 1.86. The van der Waals surface area contributed by atoms with Gasteiger partial charge >= 0.3 is 5.97 Å². The van der Waals surface area contributed by atoms with E-state index in [1.165, 1.54) is 6.39 Å². The summed E-state index contributed by atoms with van der Waals surface area (Å²) in [5.41, 5.74) is 1.71. The summed E-state index contributed by atoms with van der Waals surface area (Å²) >= 11 is 5.65. The summed E-state index contributed by atoms with van der Waals surface area (Å²) in [7, 11) is 0. The lowest BCUT2D eigenvalue weighted by Gasteiger charge is -2.02. The molecule has 14 heavy (non-hydrogen) atoms. The number of nitrogens with zero attached hydrogens (tertiary/aromatic N) is 1. The van der Waals surface area contributed by atoms with Crippen LogP contribution in [-0.4, -0.2) is 16.1 Å². The van der Waals surface area contributed by atoms with Crippen molar-refractivity contribution in [3.05, 3.63) is 30.2 Å². The van der Waals surface area contributed by atoms with Crippen LogP contribution in [0.2, 0.25) is 0 Å². The van der Waals surface area contributed by atoms with Crippen LogP contribution in [0.15, 0.2) is 29.0 Å². The van der Waals surface area contributed by atoms with E-state index in [1.54, 1.807) is 18.2 Å². The Kier molecular flexibility index (Phi) is 2.13. The van der Waals surface area contributed by atoms with Gasteiger partial charge in [-0.05, 0) is 17.7 Å². The van der Waals surface area contributed by atoms with Crippen LogP contribution >= 0.6 is 11.6 Å². The fourth-order valence-electron chi connectivity index (χ4n) is 1.17. The predicted octanol–water partition coefficient (Wildman–Crippen LogP) is 2.19. The van der Waals surface area contributed by atoms with E-state index in [1.807, 2.05) is 0 Å². The van der Waals surface area contributed by atoms with Gasteiger partial charge in [-0.3, -0.25) is 4.79 Å². The lowest BCUT2D eigenvalue weighted by Crippen LogP contribution is -2.04. The number of carbonyl (C=O) groups is 1. The Balaban J connectivity index is 2.48. The normalized spacial score (nSPS) is 12.9. The summed E-state index contributed by atoms with van der Waals surface area (Å²) in [5, 5.41) is 7.63. The molecular formula is C9H6ClNO3. The molecule has 1 aromatic carbocycles. The SMILES string of the molecule is O=C(O)C(Cl)c1ccc2ncoc2c1. The quantitative estimate of drug-likeness (QED) is 0.774. The number of hydrogen-bond donors (Lipinski definition) is 1. The molecular weight excluding hydrogens is 206 g/mol. The van der Waals surface area contributed by atoms with Crippen LogP contribution < -0.4 is 0 Å². The topological polar surface area (TPSA) is 63.3 Å². The van der Waals surface area contributed by atoms with E-state index in [9.17, 15) is 4.79 Å². The molecule has 0 amide bonds. The second kappa shape index (κ2) is 3.31. The molecule has 0 aliphatic heterocycles. The lowest BCUT2D eigenvalue weighted by atomic mass is 10.1. The Morgan fingerprint density at radius 1 is 1.57 bits per heavy atom. The zero-order chi connectivity index (χ0) is 10.1. The third kappa shape index (κ3) is 1.44. The summed E-state index contributed by atoms with van der Waals surface area (Å²) in [6, 6.07) is 4.87. The molecule has 1 atom stereocenters. The van der Waals surface area contributed by atoms with Crippen molar-refractivity contribution in [1.82, 2.24) is 4.98 Å². The minimum absolute atomic E-state index is 0.489. The molecule has 5 heteroatoms. The van der Waals surface area contributed by atoms with E-state index < -0.39 is 11.3 Å². The molecule has 1 unspecified atom stereocenters. The monoisotopic (exact) mass is 211 g/mol. The molecule has 0 aliphatic carbocycles. The molecule has 2 rings (SSSR count). The number of rotatable bonds is 2. The van der Waals surface area contributed by atoms with Gasteiger partial charge in [0, 0.05) is 0 Å². The first kappa shape index (κ1) is 9.02. The Hall–Kier alpha value is -1.55. The first-order chi connectivity index (χ1) is 6.68. The van der Waals surface area contributed by atoms with Crippen molar-refractivity contribution in [2.24, 2.45) is 0 Å². The fourth-order valence-corrected chi connectivity index (χ4v) is 1.31. The second-order valence-electron chi connectivity index (χ2n) is 2.78. The average Bonchev–Trinajstić information content (AvgIpc) is 2.62. The number of aliphatic carboxylic acids is 1. The molecule has 0 bridgehead atoms. The number of aromatic nitrogens is 1. The van der Waals surface area contributed by atoms with E-state index in [0.29, 0.717) is 16.7 Å². The number of hydrogen-bond acceptors (Lipinski definition) is 3. The van der Waals surface area contributed by atoms with Crippen molar-refractivity contribution < 1.29 is 14.3 Å². The number of alkyl halides is 1. The molecule has 1 aromatic heterocycles. The summed E-state index contributed by atoms with van der Waals surface area (Å²) in [6.45, 7) is 0. The highest BCUT2D eigenvalue weighted by Gasteiger charge is 2.16. The number of carboxylic acids is 1. The zero-order valence-corrected chi connectivity index (χ0v) is 7.73. The molecule has 0 spiro atoms. The van der Waals surface area contributed by atoms with Crippen LogP contribution in [0.3, 0.4) is 0 Å². The molecule has 72 valence electrons. The number of benzene rings is 1. The standard InChI is InChI=1S/C9H6ClNO3/c10-8(9(12)13)5-1-2-6-7(3-5)14-4-11-6/h1-4,8H,(H,12,13). The number of fused-ring (bicyclic) bond motifs is 1. The maximum absolute atomic E-state index is 10.6. The van der Waals surface area contributed by atoms with Crippen molar-refractivity contribution in [1.29, 1.82) is 0 Å². The molecule has 1 heterocycles. The van der Waals surface area contributed by atoms with Gasteiger partial charge in [0.05, 0.1) is 0 Å². The number of oxazole rings is 1. The maximum atomic E-state index is 10.6. The van der Waals surface area contributed by atoms with Crippen LogP contribution in [0.1, 0.15) is 10.9 Å². The summed E-state index contributed by atoms with van der Waals surface area (Å²) < 4.78 is 5.03. The zero-order valence-electron chi connectivity index (χ0n) is 6.98. The van der Waals surface area contributed by atoms with Gasteiger partial charge in [-0.2, -0.15) is 0 Å². The van der Waals surface area contributed by atoms with Crippen molar-refractivity contribution in [2.45, 2.75) is 5.38 Å². The van der Waals surface area contributed by atoms with Gasteiger partial charge in [-0.15, -0.1) is 11.6 Å². The van der Waals surface area contributed by atoms with Gasteiger partial charge < -0.3 is 9.52 Å². The van der Waals surface area contributed by atoms with Crippen LogP contribution in [0, 0.1) is 0 Å². The third-order valence-corrected chi connectivity index (χ3v) is 2.30. The molecule has 0 saturated heterocycles. The first-order valence-electron chi connectivity index (χ1n) is 3.88. The highest BCUT2D eigenvalue weighted by Crippen LogP contribution is 2.24. The predicted molar refractivity (Wildman–Crippen MR) is 50.2 cm³/mol. The van der Waals surface area contributed by atoms with Crippen LogP contribution in [0.4, 0.5) is 0 Å². The van der Waals surface area contributed by atoms with Crippen molar-refractivity contribution in [3.8, 4) is 0 Å². The molecule has 4 nitrogen and oxygen atoms in total. The molecule has 0 fully saturated rings. The van der Waals surface area contributed by atoms with Gasteiger partial charge in [-0.25, -0.2) is 4.98 Å². The summed E-state index contributed by atoms with van der Waals surface area (Å²) in [5.74, 6) is -1.08. The van der Waals surface area contributed by atoms with Crippen LogP contribution in [-0.2, 0) is 4.79 Å². The summed E-state index contributed by atoms with van der Waals surface area (Å²) in [6.07, 6.45) is 1.30. The Morgan fingerprint density at radius 3 is 3.07 bits per heavy atom. The molecule has 0 saturated carbocycles. The second-order valence-corrected chi connectivity index (χ2v) is 3.22. The molecule has 0 aliphatic rings. The Morgan fingerprint density at radius 2 is 2.36 bits per heavy atom. The van der Waals surface area contributed by atoms with E-state index in [0.717, 1.165) is 0 Å². The summed E-state index contributed by atoms with van der Waals surface area (Å²) in [4.78, 5) is 14.5. The van der Waals surface area contributed by atoms with Gasteiger partial charge in [0.25, 0.3) is 0 Å². The van der Waals surface area contributed by atoms with Crippen molar-refractivity contribution in [2.75, 3.05) is 0 Å². The van der Waals surface area contributed by atoms with E-state index in [4.69, 9.17) is 21.1 Å². The van der Waals surface area contributed by atoms with Gasteiger partial charge in [-0.1, -0.05) is 6.07 Å².